The minimum atomic E-state index is -1.78. The lowest BCUT2D eigenvalue weighted by atomic mass is 10.2. The quantitative estimate of drug-likeness (QED) is 0.607. The van der Waals surface area contributed by atoms with Gasteiger partial charge in [-0.25, -0.2) is 0 Å². The zero-order valence-electron chi connectivity index (χ0n) is 11.4. The van der Waals surface area contributed by atoms with Crippen LogP contribution in [0.4, 0.5) is 0 Å². The van der Waals surface area contributed by atoms with Gasteiger partial charge in [0.1, 0.15) is 0 Å². The maximum Gasteiger partial charge on any atom is 0.306 e. The summed E-state index contributed by atoms with van der Waals surface area (Å²) < 4.78 is 5.13. The molecule has 1 aromatic carbocycles. The van der Waals surface area contributed by atoms with E-state index in [1.807, 2.05) is 13.8 Å². The highest BCUT2D eigenvalue weighted by atomic mass is 28.3. The molecule has 1 rings (SSSR count). The van der Waals surface area contributed by atoms with E-state index in [0.717, 1.165) is 0 Å². The molecule has 0 radical (unpaired) electrons. The number of carbonyl (C=O) groups is 1. The molecule has 0 saturated heterocycles. The molecular weight excluding hydrogens is 228 g/mol. The molecule has 3 heteroatoms. The molecule has 0 aliphatic heterocycles. The average molecular weight is 250 g/mol. The van der Waals surface area contributed by atoms with Gasteiger partial charge < -0.3 is 4.74 Å². The molecule has 0 heterocycles. The van der Waals surface area contributed by atoms with E-state index in [0.29, 0.717) is 6.61 Å². The van der Waals surface area contributed by atoms with Gasteiger partial charge in [-0.3, -0.25) is 4.79 Å². The van der Waals surface area contributed by atoms with Gasteiger partial charge in [0.25, 0.3) is 0 Å². The molecule has 0 fully saturated rings. The Hall–Kier alpha value is -1.09. The van der Waals surface area contributed by atoms with Crippen LogP contribution in [0.3, 0.4) is 0 Å². The van der Waals surface area contributed by atoms with E-state index in [2.05, 4.69) is 44.3 Å². The lowest BCUT2D eigenvalue weighted by Crippen LogP contribution is -2.48. The Labute approximate surface area is 105 Å². The molecule has 0 aromatic heterocycles. The molecule has 0 aliphatic carbocycles. The second-order valence-corrected chi connectivity index (χ2v) is 9.95. The predicted octanol–water partition coefficient (Wildman–Crippen LogP) is 2.86. The Morgan fingerprint density at radius 3 is 2.29 bits per heavy atom. The molecule has 1 atom stereocenters. The summed E-state index contributed by atoms with van der Waals surface area (Å²) in [7, 11) is -1.78. The third-order valence-corrected chi connectivity index (χ3v) is 7.74. The number of rotatable bonds is 4. The third-order valence-electron chi connectivity index (χ3n) is 3.52. The normalized spacial score (nSPS) is 13.2. The van der Waals surface area contributed by atoms with Crippen molar-refractivity contribution in [3.05, 3.63) is 29.8 Å². The van der Waals surface area contributed by atoms with Crippen LogP contribution in [0.2, 0.25) is 18.6 Å². The second kappa shape index (κ2) is 5.49. The van der Waals surface area contributed by atoms with E-state index in [1.165, 1.54) is 10.8 Å². The molecule has 0 spiro atoms. The molecule has 0 saturated carbocycles. The van der Waals surface area contributed by atoms with Crippen molar-refractivity contribution in [3.63, 3.8) is 0 Å². The highest BCUT2D eigenvalue weighted by Crippen LogP contribution is 2.22. The molecule has 94 valence electrons. The maximum absolute atomic E-state index is 11.8. The Morgan fingerprint density at radius 2 is 1.82 bits per heavy atom. The number of aryl methyl sites for hydroxylation is 1. The minimum Gasteiger partial charge on any atom is -0.466 e. The summed E-state index contributed by atoms with van der Waals surface area (Å²) in [6.45, 7) is 10.8. The number of ether oxygens (including phenoxy) is 1. The van der Waals surface area contributed by atoms with Crippen LogP contribution in [0.5, 0.6) is 0 Å². The number of hydrogen-bond donors (Lipinski definition) is 0. The van der Waals surface area contributed by atoms with Crippen molar-refractivity contribution >= 4 is 19.2 Å². The van der Waals surface area contributed by atoms with Gasteiger partial charge in [-0.15, -0.1) is 0 Å². The first-order valence-electron chi connectivity index (χ1n) is 6.13. The van der Waals surface area contributed by atoms with E-state index < -0.39 is 8.07 Å². The van der Waals surface area contributed by atoms with Crippen LogP contribution in [0.1, 0.15) is 19.4 Å². The summed E-state index contributed by atoms with van der Waals surface area (Å²) in [6, 6.07) is 8.53. The summed E-state index contributed by atoms with van der Waals surface area (Å²) in [5.74, 6) is -0.0651. The van der Waals surface area contributed by atoms with E-state index in [1.54, 1.807) is 0 Å². The topological polar surface area (TPSA) is 26.3 Å². The van der Waals surface area contributed by atoms with Gasteiger partial charge in [0, 0.05) is 0 Å². The fraction of sp³-hybridized carbons (Fsp3) is 0.500. The first-order chi connectivity index (χ1) is 7.89. The van der Waals surface area contributed by atoms with E-state index >= 15 is 0 Å². The smallest absolute Gasteiger partial charge is 0.306 e. The number of hydrogen-bond acceptors (Lipinski definition) is 2. The molecule has 0 bridgehead atoms. The SMILES string of the molecule is CCOC(=O)C(C)[Si](C)(C)c1ccc(C)cc1. The summed E-state index contributed by atoms with van der Waals surface area (Å²) in [6.07, 6.45) is 0. The van der Waals surface area contributed by atoms with Crippen molar-refractivity contribution in [2.24, 2.45) is 0 Å². The molecule has 2 nitrogen and oxygen atoms in total. The van der Waals surface area contributed by atoms with Crippen LogP contribution in [-0.4, -0.2) is 20.7 Å². The third kappa shape index (κ3) is 3.19. The van der Waals surface area contributed by atoms with Crippen molar-refractivity contribution in [1.29, 1.82) is 0 Å². The van der Waals surface area contributed by atoms with Crippen LogP contribution < -0.4 is 5.19 Å². The highest BCUT2D eigenvalue weighted by molar-refractivity contribution is 6.93. The van der Waals surface area contributed by atoms with Gasteiger partial charge >= 0.3 is 5.97 Å². The maximum atomic E-state index is 11.8. The summed E-state index contributed by atoms with van der Waals surface area (Å²) in [5, 5.41) is 1.31. The Balaban J connectivity index is 2.93. The average Bonchev–Trinajstić information content (AvgIpc) is 2.29. The van der Waals surface area contributed by atoms with Crippen LogP contribution in [0.25, 0.3) is 0 Å². The minimum absolute atomic E-state index is 0.00911. The number of benzene rings is 1. The standard InChI is InChI=1S/C14H22O2Si/c1-6-16-14(15)12(3)17(4,5)13-9-7-11(2)8-10-13/h7-10,12H,6H2,1-5H3. The van der Waals surface area contributed by atoms with E-state index in [4.69, 9.17) is 4.74 Å². The first kappa shape index (κ1) is 14.0. The fourth-order valence-corrected chi connectivity index (χ4v) is 3.99. The van der Waals surface area contributed by atoms with E-state index in [9.17, 15) is 4.79 Å². The molecule has 0 N–H and O–H groups in total. The molecule has 0 amide bonds. The second-order valence-electron chi connectivity index (χ2n) is 5.06. The van der Waals surface area contributed by atoms with Crippen LogP contribution >= 0.6 is 0 Å². The molecule has 1 unspecified atom stereocenters. The van der Waals surface area contributed by atoms with Gasteiger partial charge in [-0.1, -0.05) is 55.0 Å². The zero-order valence-corrected chi connectivity index (χ0v) is 12.4. The summed E-state index contributed by atoms with van der Waals surface area (Å²) >= 11 is 0. The van der Waals surface area contributed by atoms with Gasteiger partial charge in [0.05, 0.1) is 20.2 Å². The monoisotopic (exact) mass is 250 g/mol. The predicted molar refractivity (Wildman–Crippen MR) is 74.4 cm³/mol. The zero-order chi connectivity index (χ0) is 13.1. The molecular formula is C14H22O2Si. The lowest BCUT2D eigenvalue weighted by molar-refractivity contribution is -0.142. The molecule has 17 heavy (non-hydrogen) atoms. The van der Waals surface area contributed by atoms with Gasteiger partial charge in [0.2, 0.25) is 0 Å². The van der Waals surface area contributed by atoms with Crippen molar-refractivity contribution in [2.45, 2.75) is 39.4 Å². The summed E-state index contributed by atoms with van der Waals surface area (Å²) in [5.41, 5.74) is 1.24. The van der Waals surface area contributed by atoms with Gasteiger partial charge in [0.15, 0.2) is 0 Å². The van der Waals surface area contributed by atoms with Crippen molar-refractivity contribution in [1.82, 2.24) is 0 Å². The Kier molecular flexibility index (Phi) is 4.51. The van der Waals surface area contributed by atoms with E-state index in [-0.39, 0.29) is 11.5 Å². The number of esters is 1. The number of carbonyl (C=O) groups excluding carboxylic acids is 1. The summed E-state index contributed by atoms with van der Waals surface area (Å²) in [4.78, 5) is 11.8. The van der Waals surface area contributed by atoms with Crippen molar-refractivity contribution in [2.75, 3.05) is 6.61 Å². The van der Waals surface area contributed by atoms with Crippen LogP contribution in [0.15, 0.2) is 24.3 Å². The van der Waals surface area contributed by atoms with Crippen molar-refractivity contribution < 1.29 is 9.53 Å². The lowest BCUT2D eigenvalue weighted by Gasteiger charge is -2.28. The molecule has 0 aliphatic rings. The van der Waals surface area contributed by atoms with Crippen LogP contribution in [0, 0.1) is 6.92 Å². The highest BCUT2D eigenvalue weighted by Gasteiger charge is 2.36. The Bertz CT molecular complexity index is 382. The van der Waals surface area contributed by atoms with Gasteiger partial charge in [-0.05, 0) is 13.8 Å². The largest absolute Gasteiger partial charge is 0.466 e. The van der Waals surface area contributed by atoms with Crippen LogP contribution in [-0.2, 0) is 9.53 Å². The van der Waals surface area contributed by atoms with Gasteiger partial charge in [-0.2, -0.15) is 0 Å². The Morgan fingerprint density at radius 1 is 1.29 bits per heavy atom. The fourth-order valence-electron chi connectivity index (χ4n) is 1.80. The van der Waals surface area contributed by atoms with Crippen molar-refractivity contribution in [3.8, 4) is 0 Å². The molecule has 1 aromatic rings. The first-order valence-corrected chi connectivity index (χ1v) is 9.21.